The average Bonchev–Trinajstić information content (AvgIpc) is 3.22. The van der Waals surface area contributed by atoms with Gasteiger partial charge in [0.2, 0.25) is 0 Å². The van der Waals surface area contributed by atoms with Crippen LogP contribution in [0.15, 0.2) is 58.6 Å². The zero-order valence-corrected chi connectivity index (χ0v) is 20.8. The topological polar surface area (TPSA) is 32.5 Å². The summed E-state index contributed by atoms with van der Waals surface area (Å²) in [4.78, 5) is 4.81. The summed E-state index contributed by atoms with van der Waals surface area (Å²) in [5, 5.41) is 5.74. The summed E-state index contributed by atoms with van der Waals surface area (Å²) >= 11 is 0. The average molecular weight is 446 g/mol. The largest absolute Gasteiger partial charge is 0.356 e. The monoisotopic (exact) mass is 445 g/mol. The molecule has 1 saturated heterocycles. The van der Waals surface area contributed by atoms with Gasteiger partial charge in [0.1, 0.15) is 0 Å². The smallest absolute Gasteiger partial charge is 0.171 e. The van der Waals surface area contributed by atoms with Crippen LogP contribution in [0.3, 0.4) is 0 Å². The minimum absolute atomic E-state index is 0.780. The number of benzene rings is 2. The van der Waals surface area contributed by atoms with Gasteiger partial charge in [-0.1, -0.05) is 53.2 Å². The van der Waals surface area contributed by atoms with Gasteiger partial charge in [-0.2, -0.15) is 0 Å². The second-order valence-corrected chi connectivity index (χ2v) is 10.2. The lowest BCUT2D eigenvalue weighted by molar-refractivity contribution is 0.172. The molecular weight excluding hydrogens is 406 g/mol. The highest BCUT2D eigenvalue weighted by Gasteiger charge is 2.21. The van der Waals surface area contributed by atoms with E-state index in [9.17, 15) is 0 Å². The highest BCUT2D eigenvalue weighted by atomic mass is 16.5. The first-order valence-electron chi connectivity index (χ1n) is 12.4. The normalized spacial score (nSPS) is 15.4. The molecule has 2 aromatic carbocycles. The van der Waals surface area contributed by atoms with E-state index in [4.69, 9.17) is 4.52 Å². The fourth-order valence-electron chi connectivity index (χ4n) is 4.94. The molecule has 0 bridgehead atoms. The van der Waals surface area contributed by atoms with E-state index in [0.29, 0.717) is 0 Å². The summed E-state index contributed by atoms with van der Waals surface area (Å²) in [7, 11) is 4.23. The number of aromatic nitrogens is 1. The maximum Gasteiger partial charge on any atom is 0.171 e. The fourth-order valence-corrected chi connectivity index (χ4v) is 4.94. The van der Waals surface area contributed by atoms with E-state index >= 15 is 0 Å². The molecule has 0 amide bonds. The van der Waals surface area contributed by atoms with Gasteiger partial charge < -0.3 is 9.42 Å². The molecule has 4 rings (SSSR count). The van der Waals surface area contributed by atoms with Crippen LogP contribution in [-0.2, 0) is 25.9 Å². The Kier molecular flexibility index (Phi) is 8.00. The summed E-state index contributed by atoms with van der Waals surface area (Å²) in [6.07, 6.45) is 8.00. The van der Waals surface area contributed by atoms with Crippen molar-refractivity contribution in [3.63, 3.8) is 0 Å². The summed E-state index contributed by atoms with van der Waals surface area (Å²) in [6.45, 7) is 8.65. The molecule has 3 aromatic rings. The van der Waals surface area contributed by atoms with Crippen molar-refractivity contribution in [3.05, 3.63) is 76.5 Å². The van der Waals surface area contributed by atoms with Crippen molar-refractivity contribution in [2.45, 2.75) is 59.0 Å². The Bertz CT molecular complexity index is 1060. The molecule has 176 valence electrons. The zero-order valence-electron chi connectivity index (χ0n) is 20.8. The number of likely N-dealkylation sites (tertiary alicyclic amines) is 1. The van der Waals surface area contributed by atoms with Gasteiger partial charge >= 0.3 is 0 Å². The number of hydrogen-bond donors (Lipinski definition) is 0. The lowest BCUT2D eigenvalue weighted by atomic mass is 9.90. The molecule has 1 fully saturated rings. The summed E-state index contributed by atoms with van der Waals surface area (Å²) in [5.74, 6) is 0.780. The highest BCUT2D eigenvalue weighted by Crippen LogP contribution is 2.30. The second-order valence-electron chi connectivity index (χ2n) is 10.2. The van der Waals surface area contributed by atoms with E-state index in [2.05, 4.69) is 91.4 Å². The SMILES string of the molecule is CC(C)=CCc1ccc2c(CCC3CCN(Cc4ccccc4)CC3)noc2c1CN(C)C. The Hall–Kier alpha value is -2.43. The second kappa shape index (κ2) is 11.1. The van der Waals surface area contributed by atoms with Gasteiger partial charge in [0, 0.05) is 24.0 Å². The van der Waals surface area contributed by atoms with Crippen molar-refractivity contribution in [2.75, 3.05) is 27.2 Å². The molecule has 1 aromatic heterocycles. The van der Waals surface area contributed by atoms with Gasteiger partial charge in [-0.3, -0.25) is 4.90 Å². The van der Waals surface area contributed by atoms with Crippen molar-refractivity contribution in [2.24, 2.45) is 5.92 Å². The number of nitrogens with zero attached hydrogens (tertiary/aromatic N) is 3. The molecule has 0 aliphatic carbocycles. The first-order chi connectivity index (χ1) is 16.0. The zero-order chi connectivity index (χ0) is 23.2. The Morgan fingerprint density at radius 1 is 1.09 bits per heavy atom. The molecule has 1 aliphatic heterocycles. The number of allylic oxidation sites excluding steroid dienone is 2. The lowest BCUT2D eigenvalue weighted by Gasteiger charge is -2.32. The molecule has 1 aliphatic rings. The Balaban J connectivity index is 1.38. The van der Waals surface area contributed by atoms with Gasteiger partial charge in [-0.25, -0.2) is 0 Å². The van der Waals surface area contributed by atoms with Crippen LogP contribution in [0.25, 0.3) is 11.0 Å². The van der Waals surface area contributed by atoms with Crippen molar-refractivity contribution in [3.8, 4) is 0 Å². The third-order valence-corrected chi connectivity index (χ3v) is 6.87. The van der Waals surface area contributed by atoms with Crippen LogP contribution in [0.5, 0.6) is 0 Å². The van der Waals surface area contributed by atoms with E-state index in [-0.39, 0.29) is 0 Å². The van der Waals surface area contributed by atoms with Crippen LogP contribution in [0, 0.1) is 5.92 Å². The molecule has 2 heterocycles. The van der Waals surface area contributed by atoms with Crippen molar-refractivity contribution < 1.29 is 4.52 Å². The molecule has 0 radical (unpaired) electrons. The minimum atomic E-state index is 0.780. The quantitative estimate of drug-likeness (QED) is 0.365. The Morgan fingerprint density at radius 2 is 1.85 bits per heavy atom. The number of piperidine rings is 1. The van der Waals surface area contributed by atoms with Crippen LogP contribution in [0.4, 0.5) is 0 Å². The van der Waals surface area contributed by atoms with Crippen molar-refractivity contribution >= 4 is 11.0 Å². The van der Waals surface area contributed by atoms with Gasteiger partial charge in [-0.05, 0) is 96.2 Å². The van der Waals surface area contributed by atoms with Crippen LogP contribution in [0.2, 0.25) is 0 Å². The molecular formula is C29H39N3O. The van der Waals surface area contributed by atoms with Gasteiger partial charge in [-0.15, -0.1) is 0 Å². The molecule has 0 unspecified atom stereocenters. The van der Waals surface area contributed by atoms with E-state index in [0.717, 1.165) is 43.1 Å². The maximum absolute atomic E-state index is 5.95. The Morgan fingerprint density at radius 3 is 2.55 bits per heavy atom. The van der Waals surface area contributed by atoms with Crippen LogP contribution in [0.1, 0.15) is 55.5 Å². The predicted octanol–water partition coefficient (Wildman–Crippen LogP) is 6.24. The fraction of sp³-hybridized carbons (Fsp3) is 0.483. The van der Waals surface area contributed by atoms with Gasteiger partial charge in [0.05, 0.1) is 5.69 Å². The molecule has 0 saturated carbocycles. The Labute approximate surface area is 199 Å². The third kappa shape index (κ3) is 6.33. The molecule has 0 atom stereocenters. The van der Waals surface area contributed by atoms with Crippen LogP contribution < -0.4 is 0 Å². The summed E-state index contributed by atoms with van der Waals surface area (Å²) in [5.41, 5.74) is 7.50. The minimum Gasteiger partial charge on any atom is -0.356 e. The first-order valence-corrected chi connectivity index (χ1v) is 12.4. The first kappa shape index (κ1) is 23.7. The van der Waals surface area contributed by atoms with E-state index in [1.165, 1.54) is 60.0 Å². The van der Waals surface area contributed by atoms with Gasteiger partial charge in [0.25, 0.3) is 0 Å². The lowest BCUT2D eigenvalue weighted by Crippen LogP contribution is -2.33. The van der Waals surface area contributed by atoms with E-state index in [1.807, 2.05) is 0 Å². The molecule has 0 spiro atoms. The number of fused-ring (bicyclic) bond motifs is 1. The maximum atomic E-state index is 5.95. The van der Waals surface area contributed by atoms with E-state index in [1.54, 1.807) is 0 Å². The van der Waals surface area contributed by atoms with Crippen LogP contribution >= 0.6 is 0 Å². The van der Waals surface area contributed by atoms with Gasteiger partial charge in [0.15, 0.2) is 5.58 Å². The highest BCUT2D eigenvalue weighted by molar-refractivity contribution is 5.83. The number of aryl methyl sites for hydroxylation is 1. The van der Waals surface area contributed by atoms with Crippen molar-refractivity contribution in [1.29, 1.82) is 0 Å². The predicted molar refractivity (Wildman–Crippen MR) is 137 cm³/mol. The molecule has 0 N–H and O–H groups in total. The molecule has 4 nitrogen and oxygen atoms in total. The standard InChI is InChI=1S/C29H39N3O/c1-22(2)10-12-25-13-14-26-28(30-33-29(26)27(25)21-31(3)4)15-11-23-16-18-32(19-17-23)20-24-8-6-5-7-9-24/h5-10,13-14,23H,11-12,15-21H2,1-4H3. The number of rotatable bonds is 9. The molecule has 33 heavy (non-hydrogen) atoms. The van der Waals surface area contributed by atoms with Crippen LogP contribution in [-0.4, -0.2) is 42.1 Å². The van der Waals surface area contributed by atoms with Crippen molar-refractivity contribution in [1.82, 2.24) is 15.0 Å². The number of hydrogen-bond acceptors (Lipinski definition) is 4. The van der Waals surface area contributed by atoms with E-state index < -0.39 is 0 Å². The third-order valence-electron chi connectivity index (χ3n) is 6.87. The summed E-state index contributed by atoms with van der Waals surface area (Å²) in [6, 6.07) is 15.4. The molecule has 4 heteroatoms. The summed E-state index contributed by atoms with van der Waals surface area (Å²) < 4.78 is 5.95.